The summed E-state index contributed by atoms with van der Waals surface area (Å²) in [5.74, 6) is -0.464. The van der Waals surface area contributed by atoms with Gasteiger partial charge in [0.1, 0.15) is 5.69 Å². The van der Waals surface area contributed by atoms with Gasteiger partial charge in [0.25, 0.3) is 5.69 Å². The number of hydrogen-bond donors (Lipinski definition) is 4. The van der Waals surface area contributed by atoms with Crippen molar-refractivity contribution in [2.24, 2.45) is 16.0 Å². The lowest BCUT2D eigenvalue weighted by Gasteiger charge is -2.10. The summed E-state index contributed by atoms with van der Waals surface area (Å²) in [5, 5.41) is 24.3. The lowest BCUT2D eigenvalue weighted by molar-refractivity contribution is -0.384. The van der Waals surface area contributed by atoms with Crippen LogP contribution in [0.3, 0.4) is 0 Å². The van der Waals surface area contributed by atoms with E-state index in [1.54, 1.807) is 42.5 Å². The largest absolute Gasteiger partial charge is 0.397 e. The predicted molar refractivity (Wildman–Crippen MR) is 145 cm³/mol. The van der Waals surface area contributed by atoms with Crippen molar-refractivity contribution in [2.45, 2.75) is 6.42 Å². The highest BCUT2D eigenvalue weighted by Crippen LogP contribution is 2.28. The van der Waals surface area contributed by atoms with Gasteiger partial charge < -0.3 is 22.1 Å². The zero-order chi connectivity index (χ0) is 27.1. The Morgan fingerprint density at radius 2 is 1.37 bits per heavy atom. The quantitative estimate of drug-likeness (QED) is 0.0993. The lowest BCUT2D eigenvalue weighted by Crippen LogP contribution is -2.19. The van der Waals surface area contributed by atoms with E-state index in [-0.39, 0.29) is 5.69 Å². The van der Waals surface area contributed by atoms with Crippen molar-refractivity contribution >= 4 is 46.1 Å². The molecule has 0 atom stereocenters. The van der Waals surface area contributed by atoms with Crippen LogP contribution in [-0.2, 0) is 6.42 Å². The molecule has 0 aliphatic carbocycles. The number of nitrogens with zero attached hydrogens (tertiary/aromatic N) is 3. The number of nitrogens with two attached hydrogens (primary N) is 2. The molecular formula is C27H23N7O4. The molecule has 0 saturated heterocycles. The van der Waals surface area contributed by atoms with Crippen LogP contribution in [0.1, 0.15) is 21.5 Å². The number of hydrogen-bond acceptors (Lipinski definition) is 7. The topological polar surface area (TPSA) is 178 Å². The molecule has 0 radical (unpaired) electrons. The van der Waals surface area contributed by atoms with Crippen molar-refractivity contribution in [2.75, 3.05) is 16.4 Å². The van der Waals surface area contributed by atoms with Gasteiger partial charge in [-0.3, -0.25) is 14.9 Å². The van der Waals surface area contributed by atoms with Crippen LogP contribution in [0, 0.1) is 10.1 Å². The molecule has 0 aromatic heterocycles. The Bertz CT molecular complexity index is 1500. The second-order valence-electron chi connectivity index (χ2n) is 8.26. The summed E-state index contributed by atoms with van der Waals surface area (Å²) in [6.07, 6.45) is 0.665. The van der Waals surface area contributed by atoms with Crippen molar-refractivity contribution in [1.82, 2.24) is 0 Å². The lowest BCUT2D eigenvalue weighted by atomic mass is 10.0. The number of benzene rings is 4. The Labute approximate surface area is 217 Å². The van der Waals surface area contributed by atoms with Gasteiger partial charge in [0.15, 0.2) is 0 Å². The minimum Gasteiger partial charge on any atom is -0.397 e. The van der Waals surface area contributed by atoms with E-state index >= 15 is 0 Å². The van der Waals surface area contributed by atoms with Gasteiger partial charge in [-0.1, -0.05) is 24.3 Å². The van der Waals surface area contributed by atoms with E-state index < -0.39 is 16.9 Å². The number of nitrogens with one attached hydrogen (secondary N) is 2. The summed E-state index contributed by atoms with van der Waals surface area (Å²) in [6.45, 7) is 0. The highest BCUT2D eigenvalue weighted by atomic mass is 16.6. The van der Waals surface area contributed by atoms with Gasteiger partial charge in [-0.15, -0.1) is 5.11 Å². The van der Waals surface area contributed by atoms with E-state index in [1.807, 2.05) is 24.3 Å². The summed E-state index contributed by atoms with van der Waals surface area (Å²) >= 11 is 0. The van der Waals surface area contributed by atoms with Crippen molar-refractivity contribution in [3.05, 3.63) is 118 Å². The van der Waals surface area contributed by atoms with E-state index in [9.17, 15) is 19.7 Å². The molecule has 4 aromatic carbocycles. The van der Waals surface area contributed by atoms with Gasteiger partial charge in [0, 0.05) is 29.1 Å². The monoisotopic (exact) mass is 509 g/mol. The molecule has 0 heterocycles. The Kier molecular flexibility index (Phi) is 7.68. The minimum absolute atomic E-state index is 0.0401. The Morgan fingerprint density at radius 1 is 0.789 bits per heavy atom. The van der Waals surface area contributed by atoms with E-state index in [0.717, 1.165) is 11.1 Å². The first-order chi connectivity index (χ1) is 18.3. The molecule has 3 amide bonds. The number of nitro groups is 1. The summed E-state index contributed by atoms with van der Waals surface area (Å²) < 4.78 is 0. The fraction of sp³-hybridized carbons (Fsp3) is 0.0370. The molecular weight excluding hydrogens is 486 g/mol. The maximum Gasteiger partial charge on any atom is 0.323 e. The van der Waals surface area contributed by atoms with E-state index in [1.165, 1.54) is 24.3 Å². The fourth-order valence-electron chi connectivity index (χ4n) is 3.50. The molecule has 4 rings (SSSR count). The number of amides is 3. The first kappa shape index (κ1) is 25.5. The standard InChI is InChI=1S/C27H23N7O4/c28-24-16-22(11-14-25(24)33-32-21-9-12-23(13-10-21)34(37)38)31-27(36)30-20-7-3-18(4-8-20)15-17-1-5-19(6-2-17)26(29)35/h1-14,16H,15,28H2,(H2,29,35)(H2,30,31,36). The number of non-ortho nitro benzene ring substituents is 1. The van der Waals surface area contributed by atoms with Crippen molar-refractivity contribution in [3.8, 4) is 0 Å². The summed E-state index contributed by atoms with van der Waals surface area (Å²) in [5.41, 5.74) is 16.0. The second-order valence-corrected chi connectivity index (χ2v) is 8.26. The molecule has 11 nitrogen and oxygen atoms in total. The molecule has 11 heteroatoms. The number of urea groups is 1. The Hall–Kier alpha value is -5.58. The van der Waals surface area contributed by atoms with Gasteiger partial charge in [0.2, 0.25) is 5.91 Å². The average Bonchev–Trinajstić information content (AvgIpc) is 2.90. The summed E-state index contributed by atoms with van der Waals surface area (Å²) in [6, 6.07) is 24.5. The highest BCUT2D eigenvalue weighted by Gasteiger charge is 2.07. The fourth-order valence-corrected chi connectivity index (χ4v) is 3.50. The molecule has 0 spiro atoms. The predicted octanol–water partition coefficient (Wildman–Crippen LogP) is 5.93. The number of primary amides is 1. The minimum atomic E-state index is -0.494. The maximum atomic E-state index is 12.4. The first-order valence-electron chi connectivity index (χ1n) is 11.4. The molecule has 4 aromatic rings. The molecule has 0 aliphatic heterocycles. The molecule has 0 bridgehead atoms. The molecule has 0 aliphatic rings. The molecule has 190 valence electrons. The van der Waals surface area contributed by atoms with Crippen LogP contribution in [0.2, 0.25) is 0 Å². The third-order valence-corrected chi connectivity index (χ3v) is 5.48. The average molecular weight is 510 g/mol. The third-order valence-electron chi connectivity index (χ3n) is 5.48. The van der Waals surface area contributed by atoms with Crippen LogP contribution >= 0.6 is 0 Å². The molecule has 38 heavy (non-hydrogen) atoms. The SMILES string of the molecule is NC(=O)c1ccc(Cc2ccc(NC(=O)Nc3ccc(N=Nc4ccc([N+](=O)[O-])cc4)c(N)c3)cc2)cc1. The van der Waals surface area contributed by atoms with Gasteiger partial charge in [-0.2, -0.15) is 5.11 Å². The number of nitro benzene ring substituents is 1. The van der Waals surface area contributed by atoms with Crippen LogP contribution in [0.4, 0.5) is 38.9 Å². The highest BCUT2D eigenvalue weighted by molar-refractivity contribution is 6.00. The zero-order valence-electron chi connectivity index (χ0n) is 20.0. The number of azo groups is 1. The number of carbonyl (C=O) groups excluding carboxylic acids is 2. The van der Waals surface area contributed by atoms with Crippen LogP contribution in [0.5, 0.6) is 0 Å². The molecule has 0 saturated carbocycles. The van der Waals surface area contributed by atoms with Crippen LogP contribution in [0.25, 0.3) is 0 Å². The number of rotatable bonds is 8. The van der Waals surface area contributed by atoms with Gasteiger partial charge >= 0.3 is 6.03 Å². The van der Waals surface area contributed by atoms with E-state index in [0.29, 0.717) is 40.4 Å². The zero-order valence-corrected chi connectivity index (χ0v) is 20.0. The van der Waals surface area contributed by atoms with Crippen LogP contribution in [0.15, 0.2) is 101 Å². The smallest absolute Gasteiger partial charge is 0.323 e. The van der Waals surface area contributed by atoms with Gasteiger partial charge in [-0.25, -0.2) is 4.79 Å². The normalized spacial score (nSPS) is 10.7. The maximum absolute atomic E-state index is 12.4. The van der Waals surface area contributed by atoms with Crippen LogP contribution in [-0.4, -0.2) is 16.9 Å². The Morgan fingerprint density at radius 3 is 1.95 bits per heavy atom. The van der Waals surface area contributed by atoms with Crippen molar-refractivity contribution in [3.63, 3.8) is 0 Å². The second kappa shape index (κ2) is 11.4. The molecule has 0 unspecified atom stereocenters. The van der Waals surface area contributed by atoms with Gasteiger partial charge in [0.05, 0.1) is 16.3 Å². The number of anilines is 3. The van der Waals surface area contributed by atoms with Crippen molar-refractivity contribution in [1.29, 1.82) is 0 Å². The van der Waals surface area contributed by atoms with E-state index in [2.05, 4.69) is 20.9 Å². The van der Waals surface area contributed by atoms with E-state index in [4.69, 9.17) is 11.5 Å². The summed E-state index contributed by atoms with van der Waals surface area (Å²) in [7, 11) is 0. The summed E-state index contributed by atoms with van der Waals surface area (Å²) in [4.78, 5) is 33.9. The number of carbonyl (C=O) groups is 2. The van der Waals surface area contributed by atoms with Crippen molar-refractivity contribution < 1.29 is 14.5 Å². The third kappa shape index (κ3) is 6.76. The molecule has 0 fully saturated rings. The first-order valence-corrected chi connectivity index (χ1v) is 11.4. The molecule has 6 N–H and O–H groups in total. The number of nitrogen functional groups attached to an aromatic ring is 1. The van der Waals surface area contributed by atoms with Crippen LogP contribution < -0.4 is 22.1 Å². The van der Waals surface area contributed by atoms with Gasteiger partial charge in [-0.05, 0) is 72.1 Å². The Balaban J connectivity index is 1.31.